The minimum absolute atomic E-state index is 0.291. The van der Waals surface area contributed by atoms with Gasteiger partial charge < -0.3 is 15.1 Å². The minimum Gasteiger partial charge on any atom is -0.448 e. The van der Waals surface area contributed by atoms with E-state index in [2.05, 4.69) is 23.9 Å². The summed E-state index contributed by atoms with van der Waals surface area (Å²) >= 11 is 0. The Labute approximate surface area is 96.8 Å². The third-order valence-electron chi connectivity index (χ3n) is 3.37. The Bertz CT molecular complexity index is 337. The van der Waals surface area contributed by atoms with Gasteiger partial charge in [0.2, 0.25) is 0 Å². The van der Waals surface area contributed by atoms with Gasteiger partial charge in [0.25, 0.3) is 0 Å². The molecular weight excluding hydrogens is 202 g/mol. The van der Waals surface area contributed by atoms with Crippen LogP contribution in [0, 0.1) is 0 Å². The van der Waals surface area contributed by atoms with Gasteiger partial charge in [-0.1, -0.05) is 6.92 Å². The number of rotatable bonds is 3. The Hall–Kier alpha value is -0.870. The van der Waals surface area contributed by atoms with Crippen molar-refractivity contribution in [2.45, 2.75) is 31.6 Å². The molecule has 90 valence electrons. The van der Waals surface area contributed by atoms with Crippen LogP contribution in [0.5, 0.6) is 0 Å². The van der Waals surface area contributed by atoms with Crippen LogP contribution in [-0.2, 0) is 0 Å². The van der Waals surface area contributed by atoms with Crippen LogP contribution in [0.2, 0.25) is 0 Å². The summed E-state index contributed by atoms with van der Waals surface area (Å²) in [6.07, 6.45) is 4.17. The zero-order valence-corrected chi connectivity index (χ0v) is 10.1. The van der Waals surface area contributed by atoms with Gasteiger partial charge in [-0.15, -0.1) is 0 Å². The second-order valence-electron chi connectivity index (χ2n) is 4.85. The Balaban J connectivity index is 2.06. The van der Waals surface area contributed by atoms with E-state index in [9.17, 15) is 0 Å². The predicted octanol–water partition coefficient (Wildman–Crippen LogP) is 1.55. The number of hydrogen-bond acceptors (Lipinski definition) is 4. The molecule has 2 N–H and O–H groups in total. The van der Waals surface area contributed by atoms with Gasteiger partial charge in [0.15, 0.2) is 5.89 Å². The van der Waals surface area contributed by atoms with E-state index in [0.717, 1.165) is 18.1 Å². The molecule has 16 heavy (non-hydrogen) atoms. The molecule has 1 saturated heterocycles. The lowest BCUT2D eigenvalue weighted by Gasteiger charge is -2.27. The van der Waals surface area contributed by atoms with Crippen LogP contribution in [0.1, 0.15) is 43.2 Å². The summed E-state index contributed by atoms with van der Waals surface area (Å²) in [7, 11) is 2.15. The first-order chi connectivity index (χ1) is 7.70. The highest BCUT2D eigenvalue weighted by molar-refractivity contribution is 5.07. The molecule has 0 aromatic carbocycles. The number of hydrogen-bond donors (Lipinski definition) is 1. The monoisotopic (exact) mass is 223 g/mol. The molecule has 4 nitrogen and oxygen atoms in total. The van der Waals surface area contributed by atoms with Crippen LogP contribution < -0.4 is 5.73 Å². The first-order valence-electron chi connectivity index (χ1n) is 6.04. The Morgan fingerprint density at radius 1 is 1.69 bits per heavy atom. The number of likely N-dealkylation sites (N-methyl/N-ethyl adjacent to an activating group) is 1. The van der Waals surface area contributed by atoms with Gasteiger partial charge >= 0.3 is 0 Å². The van der Waals surface area contributed by atoms with Gasteiger partial charge in [-0.3, -0.25) is 0 Å². The van der Waals surface area contributed by atoms with E-state index in [1.807, 2.05) is 0 Å². The second kappa shape index (κ2) is 4.97. The van der Waals surface area contributed by atoms with E-state index >= 15 is 0 Å². The zero-order chi connectivity index (χ0) is 11.5. The number of nitrogens with zero attached hydrogens (tertiary/aromatic N) is 2. The van der Waals surface area contributed by atoms with Crippen LogP contribution in [0.15, 0.2) is 10.7 Å². The fraction of sp³-hybridized carbons (Fsp3) is 0.750. The number of oxazole rings is 1. The van der Waals surface area contributed by atoms with Crippen molar-refractivity contribution in [3.8, 4) is 0 Å². The van der Waals surface area contributed by atoms with Gasteiger partial charge in [0.1, 0.15) is 6.26 Å². The molecule has 0 saturated carbocycles. The van der Waals surface area contributed by atoms with Gasteiger partial charge in [-0.2, -0.15) is 0 Å². The molecule has 0 spiro atoms. The maximum absolute atomic E-state index is 5.62. The number of piperidine rings is 1. The maximum atomic E-state index is 5.62. The number of nitrogens with two attached hydrogens (primary N) is 1. The molecule has 0 bridgehead atoms. The average Bonchev–Trinajstić information content (AvgIpc) is 2.77. The predicted molar refractivity (Wildman–Crippen MR) is 63.4 cm³/mol. The molecule has 1 aliphatic heterocycles. The standard InChI is InChI=1S/C12H21N3O/c1-9(6-13)11-8-16-12(14-11)10-4-3-5-15(2)7-10/h8-10H,3-7,13H2,1-2H3. The van der Waals surface area contributed by atoms with Crippen molar-refractivity contribution in [2.75, 3.05) is 26.7 Å². The summed E-state index contributed by atoms with van der Waals surface area (Å²) in [6.45, 7) is 4.94. The van der Waals surface area contributed by atoms with Crippen molar-refractivity contribution in [3.05, 3.63) is 17.8 Å². The van der Waals surface area contributed by atoms with E-state index in [1.54, 1.807) is 6.26 Å². The zero-order valence-electron chi connectivity index (χ0n) is 10.1. The van der Waals surface area contributed by atoms with Gasteiger partial charge in [0, 0.05) is 24.9 Å². The van der Waals surface area contributed by atoms with Crippen molar-refractivity contribution in [3.63, 3.8) is 0 Å². The summed E-state index contributed by atoms with van der Waals surface area (Å²) in [5.74, 6) is 1.64. The van der Waals surface area contributed by atoms with E-state index in [1.165, 1.54) is 19.4 Å². The quantitative estimate of drug-likeness (QED) is 0.844. The molecular formula is C12H21N3O. The molecule has 1 aliphatic rings. The van der Waals surface area contributed by atoms with Gasteiger partial charge in [-0.25, -0.2) is 4.98 Å². The van der Waals surface area contributed by atoms with Crippen molar-refractivity contribution in [2.24, 2.45) is 5.73 Å². The summed E-state index contributed by atoms with van der Waals surface area (Å²) in [5.41, 5.74) is 6.62. The molecule has 1 aromatic heterocycles. The van der Waals surface area contributed by atoms with Crippen LogP contribution >= 0.6 is 0 Å². The van der Waals surface area contributed by atoms with Crippen molar-refractivity contribution in [1.29, 1.82) is 0 Å². The third kappa shape index (κ3) is 2.44. The SMILES string of the molecule is CC(CN)c1coc(C2CCCN(C)C2)n1. The molecule has 2 atom stereocenters. The van der Waals surface area contributed by atoms with E-state index in [4.69, 9.17) is 10.2 Å². The summed E-state index contributed by atoms with van der Waals surface area (Å²) in [4.78, 5) is 6.90. The van der Waals surface area contributed by atoms with Crippen molar-refractivity contribution in [1.82, 2.24) is 9.88 Å². The normalized spacial score (nSPS) is 24.6. The van der Waals surface area contributed by atoms with E-state index in [0.29, 0.717) is 18.4 Å². The third-order valence-corrected chi connectivity index (χ3v) is 3.37. The van der Waals surface area contributed by atoms with E-state index < -0.39 is 0 Å². The Kier molecular flexibility index (Phi) is 3.61. The smallest absolute Gasteiger partial charge is 0.198 e. The highest BCUT2D eigenvalue weighted by atomic mass is 16.3. The molecule has 0 radical (unpaired) electrons. The fourth-order valence-corrected chi connectivity index (χ4v) is 2.20. The summed E-state index contributed by atoms with van der Waals surface area (Å²) < 4.78 is 5.58. The maximum Gasteiger partial charge on any atom is 0.198 e. The average molecular weight is 223 g/mol. The first kappa shape index (κ1) is 11.6. The lowest BCUT2D eigenvalue weighted by atomic mass is 9.98. The molecule has 2 unspecified atom stereocenters. The first-order valence-corrected chi connectivity index (χ1v) is 6.04. The molecule has 0 amide bonds. The second-order valence-corrected chi connectivity index (χ2v) is 4.85. The topological polar surface area (TPSA) is 55.3 Å². The number of likely N-dealkylation sites (tertiary alicyclic amines) is 1. The van der Waals surface area contributed by atoms with Crippen LogP contribution in [0.3, 0.4) is 0 Å². The molecule has 0 aliphatic carbocycles. The van der Waals surface area contributed by atoms with Crippen LogP contribution in [0.4, 0.5) is 0 Å². The summed E-state index contributed by atoms with van der Waals surface area (Å²) in [5, 5.41) is 0. The largest absolute Gasteiger partial charge is 0.448 e. The van der Waals surface area contributed by atoms with E-state index in [-0.39, 0.29) is 0 Å². The molecule has 4 heteroatoms. The Morgan fingerprint density at radius 2 is 2.50 bits per heavy atom. The van der Waals surface area contributed by atoms with Crippen molar-refractivity contribution >= 4 is 0 Å². The van der Waals surface area contributed by atoms with Gasteiger partial charge in [-0.05, 0) is 26.4 Å². The number of aromatic nitrogens is 1. The van der Waals surface area contributed by atoms with Gasteiger partial charge in [0.05, 0.1) is 5.69 Å². The minimum atomic E-state index is 0.291. The fourth-order valence-electron chi connectivity index (χ4n) is 2.20. The highest BCUT2D eigenvalue weighted by Crippen LogP contribution is 2.26. The Morgan fingerprint density at radius 3 is 3.19 bits per heavy atom. The molecule has 2 heterocycles. The van der Waals surface area contributed by atoms with Crippen LogP contribution in [0.25, 0.3) is 0 Å². The van der Waals surface area contributed by atoms with Crippen molar-refractivity contribution < 1.29 is 4.42 Å². The molecule has 1 fully saturated rings. The summed E-state index contributed by atoms with van der Waals surface area (Å²) in [6, 6.07) is 0. The highest BCUT2D eigenvalue weighted by Gasteiger charge is 2.23. The lowest BCUT2D eigenvalue weighted by molar-refractivity contribution is 0.230. The lowest BCUT2D eigenvalue weighted by Crippen LogP contribution is -2.30. The van der Waals surface area contributed by atoms with Crippen LogP contribution in [-0.4, -0.2) is 36.6 Å². The molecule has 1 aromatic rings. The molecule has 2 rings (SSSR count).